The molecule has 41 heavy (non-hydrogen) atoms. The minimum atomic E-state index is 0.703. The lowest BCUT2D eigenvalue weighted by molar-refractivity contribution is 1.18. The van der Waals surface area contributed by atoms with Gasteiger partial charge in [0.05, 0.1) is 28.1 Å². The van der Waals surface area contributed by atoms with Crippen molar-refractivity contribution in [2.24, 2.45) is 0 Å². The van der Waals surface area contributed by atoms with E-state index in [1.807, 2.05) is 84.9 Å². The topological polar surface area (TPSA) is 56.0 Å². The van der Waals surface area contributed by atoms with Gasteiger partial charge in [-0.2, -0.15) is 0 Å². The van der Waals surface area contributed by atoms with E-state index in [4.69, 9.17) is 19.9 Å². The van der Waals surface area contributed by atoms with E-state index in [1.54, 1.807) is 0 Å². The standard InChI is InChI=1S/C36H23N5/c1-3-11-24(12-4-1)30-23-31(39-36(38-30)27-13-5-2-6-14-27)25-18-20-26(21-19-25)33-35-34(28-15-7-8-16-29(28)37-33)40-32-17-9-10-22-41(32)35/h1-23H. The van der Waals surface area contributed by atoms with E-state index in [0.717, 1.165) is 66.9 Å². The molecular weight excluding hydrogens is 502 g/mol. The summed E-state index contributed by atoms with van der Waals surface area (Å²) in [6.45, 7) is 0. The first-order valence-corrected chi connectivity index (χ1v) is 13.6. The molecule has 4 aromatic carbocycles. The maximum atomic E-state index is 5.12. The predicted molar refractivity (Wildman–Crippen MR) is 165 cm³/mol. The van der Waals surface area contributed by atoms with E-state index in [0.29, 0.717) is 5.82 Å². The van der Waals surface area contributed by atoms with Gasteiger partial charge in [-0.1, -0.05) is 109 Å². The molecule has 192 valence electrons. The molecule has 4 aromatic heterocycles. The molecule has 5 heteroatoms. The Morgan fingerprint density at radius 3 is 1.83 bits per heavy atom. The third-order valence-corrected chi connectivity index (χ3v) is 7.43. The smallest absolute Gasteiger partial charge is 0.160 e. The maximum absolute atomic E-state index is 5.12. The number of nitrogens with zero attached hydrogens (tertiary/aromatic N) is 5. The van der Waals surface area contributed by atoms with E-state index in [2.05, 4.69) is 59.1 Å². The van der Waals surface area contributed by atoms with Crippen LogP contribution in [-0.2, 0) is 0 Å². The summed E-state index contributed by atoms with van der Waals surface area (Å²) in [7, 11) is 0. The van der Waals surface area contributed by atoms with Crippen LogP contribution in [0, 0.1) is 0 Å². The zero-order valence-electron chi connectivity index (χ0n) is 22.0. The molecular formula is C36H23N5. The lowest BCUT2D eigenvalue weighted by Gasteiger charge is -2.11. The molecule has 0 aliphatic heterocycles. The van der Waals surface area contributed by atoms with Crippen molar-refractivity contribution in [1.29, 1.82) is 0 Å². The van der Waals surface area contributed by atoms with Gasteiger partial charge in [0.15, 0.2) is 5.82 Å². The van der Waals surface area contributed by atoms with Gasteiger partial charge < -0.3 is 0 Å². The average molecular weight is 526 g/mol. The Morgan fingerprint density at radius 1 is 0.463 bits per heavy atom. The molecule has 0 bridgehead atoms. The van der Waals surface area contributed by atoms with Crippen molar-refractivity contribution in [2.75, 3.05) is 0 Å². The molecule has 0 amide bonds. The highest BCUT2D eigenvalue weighted by Gasteiger charge is 2.17. The lowest BCUT2D eigenvalue weighted by atomic mass is 10.0. The van der Waals surface area contributed by atoms with Crippen molar-refractivity contribution in [2.45, 2.75) is 0 Å². The Kier molecular flexibility index (Phi) is 5.38. The van der Waals surface area contributed by atoms with Gasteiger partial charge in [-0.05, 0) is 24.3 Å². The number of hydrogen-bond donors (Lipinski definition) is 0. The van der Waals surface area contributed by atoms with Crippen molar-refractivity contribution in [3.05, 3.63) is 140 Å². The van der Waals surface area contributed by atoms with Crippen LogP contribution in [0.3, 0.4) is 0 Å². The van der Waals surface area contributed by atoms with Gasteiger partial charge in [0.2, 0.25) is 0 Å². The highest BCUT2D eigenvalue weighted by atomic mass is 15.0. The molecule has 0 saturated heterocycles. The van der Waals surface area contributed by atoms with Gasteiger partial charge in [-0.25, -0.2) is 19.9 Å². The van der Waals surface area contributed by atoms with E-state index < -0.39 is 0 Å². The quantitative estimate of drug-likeness (QED) is 0.231. The average Bonchev–Trinajstić information content (AvgIpc) is 3.45. The van der Waals surface area contributed by atoms with Crippen molar-refractivity contribution in [1.82, 2.24) is 24.3 Å². The number of pyridine rings is 2. The van der Waals surface area contributed by atoms with E-state index >= 15 is 0 Å². The first kappa shape index (κ1) is 23.2. The van der Waals surface area contributed by atoms with Crippen molar-refractivity contribution >= 4 is 27.6 Å². The highest BCUT2D eigenvalue weighted by Crippen LogP contribution is 2.34. The number of fused-ring (bicyclic) bond motifs is 5. The number of hydrogen-bond acceptors (Lipinski definition) is 4. The van der Waals surface area contributed by atoms with Gasteiger partial charge in [0, 0.05) is 33.8 Å². The molecule has 0 N–H and O–H groups in total. The minimum absolute atomic E-state index is 0.703. The SMILES string of the molecule is c1ccc(-c2cc(-c3ccc(-c4nc5ccccc5c5nc6ccccn6c45)cc3)nc(-c3ccccc3)n2)cc1. The molecule has 8 aromatic rings. The molecule has 0 saturated carbocycles. The normalized spacial score (nSPS) is 11.4. The molecule has 5 nitrogen and oxygen atoms in total. The summed E-state index contributed by atoms with van der Waals surface area (Å²) in [5.41, 5.74) is 10.5. The van der Waals surface area contributed by atoms with Gasteiger partial charge >= 0.3 is 0 Å². The number of imidazole rings is 1. The Labute approximate surface area is 236 Å². The fraction of sp³-hybridized carbons (Fsp3) is 0. The van der Waals surface area contributed by atoms with Crippen LogP contribution in [0.1, 0.15) is 0 Å². The second-order valence-electron chi connectivity index (χ2n) is 9.99. The van der Waals surface area contributed by atoms with Crippen molar-refractivity contribution in [3.63, 3.8) is 0 Å². The molecule has 0 radical (unpaired) electrons. The Morgan fingerprint density at radius 2 is 1.07 bits per heavy atom. The van der Waals surface area contributed by atoms with Gasteiger partial charge in [-0.3, -0.25) is 4.40 Å². The lowest BCUT2D eigenvalue weighted by Crippen LogP contribution is -1.96. The second-order valence-corrected chi connectivity index (χ2v) is 9.99. The van der Waals surface area contributed by atoms with E-state index in [-0.39, 0.29) is 0 Å². The molecule has 0 unspecified atom stereocenters. The van der Waals surface area contributed by atoms with E-state index in [9.17, 15) is 0 Å². The summed E-state index contributed by atoms with van der Waals surface area (Å²) < 4.78 is 2.13. The molecule has 0 atom stereocenters. The summed E-state index contributed by atoms with van der Waals surface area (Å²) in [4.78, 5) is 20.0. The third kappa shape index (κ3) is 4.03. The largest absolute Gasteiger partial charge is 0.298 e. The third-order valence-electron chi connectivity index (χ3n) is 7.43. The number of rotatable bonds is 4. The molecule has 0 spiro atoms. The first-order valence-electron chi connectivity index (χ1n) is 13.6. The van der Waals surface area contributed by atoms with Gasteiger partial charge in [0.1, 0.15) is 11.2 Å². The highest BCUT2D eigenvalue weighted by molar-refractivity contribution is 6.09. The zero-order chi connectivity index (χ0) is 27.2. The van der Waals surface area contributed by atoms with Crippen LogP contribution in [0.5, 0.6) is 0 Å². The van der Waals surface area contributed by atoms with Crippen LogP contribution < -0.4 is 0 Å². The fourth-order valence-electron chi connectivity index (χ4n) is 5.42. The Balaban J connectivity index is 1.29. The van der Waals surface area contributed by atoms with Crippen LogP contribution in [0.25, 0.3) is 72.7 Å². The minimum Gasteiger partial charge on any atom is -0.298 e. The van der Waals surface area contributed by atoms with Crippen molar-refractivity contribution < 1.29 is 0 Å². The predicted octanol–water partition coefficient (Wildman–Crippen LogP) is 8.49. The van der Waals surface area contributed by atoms with Crippen LogP contribution in [0.15, 0.2) is 140 Å². The summed E-state index contributed by atoms with van der Waals surface area (Å²) >= 11 is 0. The van der Waals surface area contributed by atoms with Crippen LogP contribution >= 0.6 is 0 Å². The first-order chi connectivity index (χ1) is 20.3. The van der Waals surface area contributed by atoms with Gasteiger partial charge in [-0.15, -0.1) is 0 Å². The number of para-hydroxylation sites is 1. The number of benzene rings is 4. The van der Waals surface area contributed by atoms with E-state index in [1.165, 1.54) is 0 Å². The summed E-state index contributed by atoms with van der Waals surface area (Å²) in [5.74, 6) is 0.703. The van der Waals surface area contributed by atoms with Crippen LogP contribution in [-0.4, -0.2) is 24.3 Å². The van der Waals surface area contributed by atoms with Crippen LogP contribution in [0.2, 0.25) is 0 Å². The number of aromatic nitrogens is 5. The molecule has 0 aliphatic carbocycles. The molecule has 0 fully saturated rings. The Hall–Kier alpha value is -5.68. The molecule has 8 rings (SSSR count). The summed E-state index contributed by atoms with van der Waals surface area (Å²) in [6.07, 6.45) is 2.05. The summed E-state index contributed by atoms with van der Waals surface area (Å²) in [6, 6.07) is 45.2. The zero-order valence-corrected chi connectivity index (χ0v) is 22.0. The van der Waals surface area contributed by atoms with Crippen molar-refractivity contribution in [3.8, 4) is 45.2 Å². The van der Waals surface area contributed by atoms with Gasteiger partial charge in [0.25, 0.3) is 0 Å². The second kappa shape index (κ2) is 9.50. The maximum Gasteiger partial charge on any atom is 0.160 e. The Bertz CT molecular complexity index is 2130. The molecule has 4 heterocycles. The summed E-state index contributed by atoms with van der Waals surface area (Å²) in [5, 5.41) is 1.05. The monoisotopic (exact) mass is 525 g/mol. The van der Waals surface area contributed by atoms with Crippen LogP contribution in [0.4, 0.5) is 0 Å². The fourth-order valence-corrected chi connectivity index (χ4v) is 5.42. The molecule has 0 aliphatic rings.